The van der Waals surface area contributed by atoms with Crippen molar-refractivity contribution in [1.29, 1.82) is 0 Å². The zero-order chi connectivity index (χ0) is 22.0. The Hall–Kier alpha value is -1.36. The first-order valence-corrected chi connectivity index (χ1v) is 12.3. The van der Waals surface area contributed by atoms with Crippen molar-refractivity contribution in [2.24, 2.45) is 5.92 Å². The zero-order valence-electron chi connectivity index (χ0n) is 19.3. The molecule has 1 aliphatic carbocycles. The van der Waals surface area contributed by atoms with Gasteiger partial charge in [0.2, 0.25) is 0 Å². The van der Waals surface area contributed by atoms with Gasteiger partial charge in [0.15, 0.2) is 0 Å². The Bertz CT molecular complexity index is 488. The lowest BCUT2D eigenvalue weighted by atomic mass is 9.85. The molecular weight excluding hydrogens is 380 g/mol. The van der Waals surface area contributed by atoms with Crippen LogP contribution in [0.2, 0.25) is 0 Å². The maximum absolute atomic E-state index is 12.3. The Labute approximate surface area is 183 Å². The number of carbonyl (C=O) groups excluding carboxylic acids is 2. The molecule has 1 fully saturated rings. The average Bonchev–Trinajstić information content (AvgIpc) is 2.73. The fourth-order valence-corrected chi connectivity index (χ4v) is 4.02. The normalized spacial score (nSPS) is 21.6. The van der Waals surface area contributed by atoms with Crippen molar-refractivity contribution in [3.8, 4) is 0 Å². The van der Waals surface area contributed by atoms with Crippen molar-refractivity contribution in [1.82, 2.24) is 0 Å². The molecule has 0 aromatic rings. The molecule has 1 rings (SSSR count). The van der Waals surface area contributed by atoms with E-state index in [0.717, 1.165) is 44.9 Å². The number of allylic oxidation sites excluding steroid dienone is 1. The van der Waals surface area contributed by atoms with Crippen molar-refractivity contribution < 1.29 is 24.2 Å². The molecule has 0 aromatic heterocycles. The van der Waals surface area contributed by atoms with E-state index in [9.17, 15) is 9.59 Å². The topological polar surface area (TPSA) is 72.8 Å². The number of esters is 2. The van der Waals surface area contributed by atoms with E-state index in [2.05, 4.69) is 13.8 Å². The van der Waals surface area contributed by atoms with Crippen LogP contribution in [0.25, 0.3) is 0 Å². The van der Waals surface area contributed by atoms with Gasteiger partial charge in [0, 0.05) is 12.8 Å². The summed E-state index contributed by atoms with van der Waals surface area (Å²) in [7, 11) is 0. The molecule has 0 spiro atoms. The van der Waals surface area contributed by atoms with Gasteiger partial charge in [0.05, 0.1) is 6.61 Å². The molecule has 2 unspecified atom stereocenters. The van der Waals surface area contributed by atoms with Crippen LogP contribution in [0.15, 0.2) is 12.2 Å². The summed E-state index contributed by atoms with van der Waals surface area (Å²) in [6.07, 6.45) is 16.9. The molecule has 0 bridgehead atoms. The summed E-state index contributed by atoms with van der Waals surface area (Å²) in [5.74, 6) is -0.131. The highest BCUT2D eigenvalue weighted by Gasteiger charge is 2.34. The number of hydrogen-bond acceptors (Lipinski definition) is 5. The van der Waals surface area contributed by atoms with E-state index >= 15 is 0 Å². The van der Waals surface area contributed by atoms with Gasteiger partial charge in [-0.1, -0.05) is 77.4 Å². The lowest BCUT2D eigenvalue weighted by Crippen LogP contribution is -2.40. The van der Waals surface area contributed by atoms with Gasteiger partial charge in [-0.25, -0.2) is 0 Å². The lowest BCUT2D eigenvalue weighted by Gasteiger charge is -2.34. The first kappa shape index (κ1) is 26.7. The zero-order valence-corrected chi connectivity index (χ0v) is 19.3. The number of unbranched alkanes of at least 4 members (excludes halogenated alkanes) is 8. The molecule has 1 N–H and O–H groups in total. The molecule has 0 radical (unpaired) electrons. The minimum Gasteiger partial charge on any atom is -0.458 e. The largest absolute Gasteiger partial charge is 0.458 e. The van der Waals surface area contributed by atoms with Gasteiger partial charge >= 0.3 is 11.9 Å². The van der Waals surface area contributed by atoms with E-state index in [-0.39, 0.29) is 36.7 Å². The van der Waals surface area contributed by atoms with Gasteiger partial charge < -0.3 is 14.6 Å². The van der Waals surface area contributed by atoms with Crippen molar-refractivity contribution in [3.63, 3.8) is 0 Å². The Kier molecular flexibility index (Phi) is 15.4. The third-order valence-corrected chi connectivity index (χ3v) is 5.82. The van der Waals surface area contributed by atoms with Gasteiger partial charge in [0.25, 0.3) is 0 Å². The van der Waals surface area contributed by atoms with E-state index in [1.807, 2.05) is 6.08 Å². The highest BCUT2D eigenvalue weighted by atomic mass is 16.6. The van der Waals surface area contributed by atoms with Crippen LogP contribution < -0.4 is 0 Å². The first-order chi connectivity index (χ1) is 14.6. The fraction of sp³-hybridized carbons (Fsp3) is 0.840. The van der Waals surface area contributed by atoms with Crippen LogP contribution in [-0.4, -0.2) is 35.9 Å². The molecule has 1 aliphatic rings. The smallest absolute Gasteiger partial charge is 0.306 e. The summed E-state index contributed by atoms with van der Waals surface area (Å²) >= 11 is 0. The molecule has 174 valence electrons. The Morgan fingerprint density at radius 3 is 1.87 bits per heavy atom. The first-order valence-electron chi connectivity index (χ1n) is 12.3. The van der Waals surface area contributed by atoms with E-state index in [0.29, 0.717) is 25.7 Å². The molecule has 5 nitrogen and oxygen atoms in total. The molecule has 0 aliphatic heterocycles. The Balaban J connectivity index is 2.50. The molecule has 0 saturated heterocycles. The van der Waals surface area contributed by atoms with Gasteiger partial charge in [-0.2, -0.15) is 0 Å². The van der Waals surface area contributed by atoms with E-state index in [4.69, 9.17) is 14.6 Å². The van der Waals surface area contributed by atoms with Crippen molar-refractivity contribution in [3.05, 3.63) is 12.2 Å². The highest BCUT2D eigenvalue weighted by molar-refractivity contribution is 5.70. The number of aliphatic hydroxyl groups is 1. The molecular formula is C25H44O5. The monoisotopic (exact) mass is 424 g/mol. The Morgan fingerprint density at radius 2 is 1.33 bits per heavy atom. The second-order valence-electron chi connectivity index (χ2n) is 8.57. The minimum absolute atomic E-state index is 0.00909. The van der Waals surface area contributed by atoms with Crippen LogP contribution in [0, 0.1) is 5.92 Å². The van der Waals surface area contributed by atoms with E-state index in [1.165, 1.54) is 25.7 Å². The standard InChI is InChI=1S/C25H44O5/c1-3-5-7-9-11-15-24(27)29-22-18-17-21(14-13-19-26)20-23(22)30-25(28)16-12-10-8-6-4-2/h13-14,21-23,26H,3-12,15-20H2,1-2H3/b14-13+/t21-,22?,23?/m0/s1. The number of hydrogen-bond donors (Lipinski definition) is 1. The van der Waals surface area contributed by atoms with Gasteiger partial charge in [0.1, 0.15) is 12.2 Å². The van der Waals surface area contributed by atoms with Crippen LogP contribution in [-0.2, 0) is 19.1 Å². The van der Waals surface area contributed by atoms with Crippen molar-refractivity contribution in [2.75, 3.05) is 6.61 Å². The fourth-order valence-electron chi connectivity index (χ4n) is 4.02. The maximum atomic E-state index is 12.3. The number of aliphatic hydroxyl groups excluding tert-OH is 1. The number of ether oxygens (including phenoxy) is 2. The number of carbonyl (C=O) groups is 2. The summed E-state index contributed by atoms with van der Waals surface area (Å²) in [5, 5.41) is 9.03. The van der Waals surface area contributed by atoms with Crippen LogP contribution in [0.1, 0.15) is 110 Å². The predicted molar refractivity (Wildman–Crippen MR) is 120 cm³/mol. The average molecular weight is 425 g/mol. The predicted octanol–water partition coefficient (Wildman–Crippen LogP) is 5.88. The van der Waals surface area contributed by atoms with Crippen molar-refractivity contribution >= 4 is 11.9 Å². The second-order valence-corrected chi connectivity index (χ2v) is 8.57. The SMILES string of the molecule is CCCCCCCC(=O)OC1CC[C@H](/C=C/CO)CC1OC(=O)CCCCCCC. The van der Waals surface area contributed by atoms with E-state index < -0.39 is 0 Å². The summed E-state index contributed by atoms with van der Waals surface area (Å²) in [4.78, 5) is 24.6. The van der Waals surface area contributed by atoms with Gasteiger partial charge in [-0.05, 0) is 38.0 Å². The van der Waals surface area contributed by atoms with Crippen LogP contribution in [0.4, 0.5) is 0 Å². The molecule has 3 atom stereocenters. The number of rotatable bonds is 16. The van der Waals surface area contributed by atoms with Crippen molar-refractivity contribution in [2.45, 2.75) is 122 Å². The van der Waals surface area contributed by atoms with Crippen LogP contribution >= 0.6 is 0 Å². The molecule has 0 amide bonds. The highest BCUT2D eigenvalue weighted by Crippen LogP contribution is 2.30. The third kappa shape index (κ3) is 12.4. The Morgan fingerprint density at radius 1 is 0.800 bits per heavy atom. The third-order valence-electron chi connectivity index (χ3n) is 5.82. The summed E-state index contributed by atoms with van der Waals surface area (Å²) in [6, 6.07) is 0. The minimum atomic E-state index is -0.390. The molecule has 0 heterocycles. The van der Waals surface area contributed by atoms with Gasteiger partial charge in [-0.3, -0.25) is 9.59 Å². The van der Waals surface area contributed by atoms with Gasteiger partial charge in [-0.15, -0.1) is 0 Å². The van der Waals surface area contributed by atoms with Crippen LogP contribution in [0.5, 0.6) is 0 Å². The second kappa shape index (κ2) is 17.3. The summed E-state index contributed by atoms with van der Waals surface area (Å²) < 4.78 is 11.5. The quantitative estimate of drug-likeness (QED) is 0.190. The summed E-state index contributed by atoms with van der Waals surface area (Å²) in [6.45, 7) is 4.35. The van der Waals surface area contributed by atoms with E-state index in [1.54, 1.807) is 6.08 Å². The lowest BCUT2D eigenvalue weighted by molar-refractivity contribution is -0.173. The van der Waals surface area contributed by atoms with Crippen LogP contribution in [0.3, 0.4) is 0 Å². The maximum Gasteiger partial charge on any atom is 0.306 e. The molecule has 30 heavy (non-hydrogen) atoms. The molecule has 1 saturated carbocycles. The molecule has 5 heteroatoms. The summed E-state index contributed by atoms with van der Waals surface area (Å²) in [5.41, 5.74) is 0. The molecule has 0 aromatic carbocycles.